The van der Waals surface area contributed by atoms with Gasteiger partial charge in [-0.1, -0.05) is 29.8 Å². The van der Waals surface area contributed by atoms with Crippen LogP contribution in [0.5, 0.6) is 0 Å². The second kappa shape index (κ2) is 4.74. The van der Waals surface area contributed by atoms with Gasteiger partial charge >= 0.3 is 5.97 Å². The number of carboxylic acid groups (broad SMARTS) is 1. The Bertz CT molecular complexity index is 323. The average molecular weight is 196 g/mol. The third-order valence-corrected chi connectivity index (χ3v) is 2.14. The van der Waals surface area contributed by atoms with Gasteiger partial charge in [0, 0.05) is 0 Å². The van der Waals surface area contributed by atoms with Crippen molar-refractivity contribution in [2.24, 2.45) is 0 Å². The summed E-state index contributed by atoms with van der Waals surface area (Å²) in [4.78, 5) is 10.8. The van der Waals surface area contributed by atoms with E-state index in [1.165, 1.54) is 0 Å². The molecule has 0 amide bonds. The van der Waals surface area contributed by atoms with Gasteiger partial charge in [-0.3, -0.25) is 9.18 Å². The van der Waals surface area contributed by atoms with Gasteiger partial charge in [0.25, 0.3) is 0 Å². The van der Waals surface area contributed by atoms with Crippen LogP contribution in [0.25, 0.3) is 0 Å². The highest BCUT2D eigenvalue weighted by atomic mass is 19.1. The first-order valence-electron chi connectivity index (χ1n) is 4.50. The van der Waals surface area contributed by atoms with Crippen LogP contribution in [0.3, 0.4) is 0 Å². The first kappa shape index (κ1) is 10.7. The maximum atomic E-state index is 12.1. The molecule has 2 nitrogen and oxygen atoms in total. The normalized spacial score (nSPS) is 12.4. The predicted molar refractivity (Wildman–Crippen MR) is 52.1 cm³/mol. The first-order valence-corrected chi connectivity index (χ1v) is 4.50. The molecule has 0 aliphatic carbocycles. The molecule has 0 saturated heterocycles. The largest absolute Gasteiger partial charge is 0.481 e. The first-order chi connectivity index (χ1) is 6.65. The molecular formula is C11H13FO2. The third-order valence-electron chi connectivity index (χ3n) is 2.14. The third kappa shape index (κ3) is 2.55. The minimum absolute atomic E-state index is 0.0405. The highest BCUT2D eigenvalue weighted by Gasteiger charge is 2.19. The van der Waals surface area contributed by atoms with Crippen molar-refractivity contribution < 1.29 is 14.3 Å². The van der Waals surface area contributed by atoms with Crippen LogP contribution < -0.4 is 0 Å². The van der Waals surface area contributed by atoms with E-state index in [9.17, 15) is 9.18 Å². The summed E-state index contributed by atoms with van der Waals surface area (Å²) in [5.41, 5.74) is 1.67. The van der Waals surface area contributed by atoms with Crippen LogP contribution in [-0.4, -0.2) is 17.8 Å². The monoisotopic (exact) mass is 196 g/mol. The molecule has 0 radical (unpaired) electrons. The lowest BCUT2D eigenvalue weighted by molar-refractivity contribution is -0.139. The van der Waals surface area contributed by atoms with Crippen LogP contribution in [0, 0.1) is 6.92 Å². The number of hydrogen-bond acceptors (Lipinski definition) is 1. The topological polar surface area (TPSA) is 37.3 Å². The SMILES string of the molecule is Cc1cccc(C(CCF)C(=O)O)c1. The molecule has 0 fully saturated rings. The summed E-state index contributed by atoms with van der Waals surface area (Å²) >= 11 is 0. The van der Waals surface area contributed by atoms with Crippen molar-refractivity contribution in [1.29, 1.82) is 0 Å². The van der Waals surface area contributed by atoms with E-state index < -0.39 is 18.6 Å². The van der Waals surface area contributed by atoms with Gasteiger partial charge in [-0.2, -0.15) is 0 Å². The Balaban J connectivity index is 2.93. The molecule has 76 valence electrons. The van der Waals surface area contributed by atoms with Crippen molar-refractivity contribution in [2.45, 2.75) is 19.3 Å². The zero-order valence-electron chi connectivity index (χ0n) is 8.03. The number of carboxylic acids is 1. The molecule has 0 spiro atoms. The van der Waals surface area contributed by atoms with E-state index in [1.54, 1.807) is 18.2 Å². The van der Waals surface area contributed by atoms with Gasteiger partial charge in [0.2, 0.25) is 0 Å². The summed E-state index contributed by atoms with van der Waals surface area (Å²) in [6.07, 6.45) is 0.0405. The fourth-order valence-electron chi connectivity index (χ4n) is 1.43. The number of rotatable bonds is 4. The number of halogens is 1. The van der Waals surface area contributed by atoms with E-state index in [4.69, 9.17) is 5.11 Å². The van der Waals surface area contributed by atoms with Crippen molar-refractivity contribution in [3.05, 3.63) is 35.4 Å². The Morgan fingerprint density at radius 1 is 1.57 bits per heavy atom. The zero-order chi connectivity index (χ0) is 10.6. The van der Waals surface area contributed by atoms with Crippen molar-refractivity contribution in [1.82, 2.24) is 0 Å². The Labute approximate surface area is 82.4 Å². The molecule has 14 heavy (non-hydrogen) atoms. The molecule has 3 heteroatoms. The van der Waals surface area contributed by atoms with Crippen LogP contribution in [0.15, 0.2) is 24.3 Å². The number of aryl methyl sites for hydroxylation is 1. The quantitative estimate of drug-likeness (QED) is 0.803. The van der Waals surface area contributed by atoms with Gasteiger partial charge in [0.05, 0.1) is 12.6 Å². The number of alkyl halides is 1. The summed E-state index contributed by atoms with van der Waals surface area (Å²) in [5.74, 6) is -1.69. The molecule has 1 atom stereocenters. The molecule has 0 heterocycles. The van der Waals surface area contributed by atoms with Crippen LogP contribution in [-0.2, 0) is 4.79 Å². The van der Waals surface area contributed by atoms with E-state index in [0.717, 1.165) is 5.56 Å². The number of hydrogen-bond donors (Lipinski definition) is 1. The van der Waals surface area contributed by atoms with Crippen molar-refractivity contribution in [3.63, 3.8) is 0 Å². The molecule has 0 aliphatic rings. The molecule has 0 aromatic heterocycles. The van der Waals surface area contributed by atoms with Crippen molar-refractivity contribution in [3.8, 4) is 0 Å². The highest BCUT2D eigenvalue weighted by Crippen LogP contribution is 2.20. The fraction of sp³-hybridized carbons (Fsp3) is 0.364. The van der Waals surface area contributed by atoms with Crippen LogP contribution in [0.1, 0.15) is 23.5 Å². The van der Waals surface area contributed by atoms with E-state index >= 15 is 0 Å². The zero-order valence-corrected chi connectivity index (χ0v) is 8.03. The summed E-state index contributed by atoms with van der Waals surface area (Å²) < 4.78 is 12.1. The number of aliphatic carboxylic acids is 1. The molecule has 1 N–H and O–H groups in total. The summed E-state index contributed by atoms with van der Waals surface area (Å²) in [6, 6.07) is 7.19. The standard InChI is InChI=1S/C11H13FO2/c1-8-3-2-4-9(7-8)10(5-6-12)11(13)14/h2-4,7,10H,5-6H2,1H3,(H,13,14). The van der Waals surface area contributed by atoms with E-state index in [1.807, 2.05) is 13.0 Å². The summed E-state index contributed by atoms with van der Waals surface area (Å²) in [7, 11) is 0. The van der Waals surface area contributed by atoms with Crippen molar-refractivity contribution >= 4 is 5.97 Å². The molecule has 1 aromatic carbocycles. The van der Waals surface area contributed by atoms with Gasteiger partial charge in [-0.25, -0.2) is 0 Å². The smallest absolute Gasteiger partial charge is 0.311 e. The molecule has 0 bridgehead atoms. The van der Waals surface area contributed by atoms with E-state index in [-0.39, 0.29) is 6.42 Å². The minimum Gasteiger partial charge on any atom is -0.481 e. The van der Waals surface area contributed by atoms with E-state index in [2.05, 4.69) is 0 Å². The molecule has 1 unspecified atom stereocenters. The Kier molecular flexibility index (Phi) is 3.63. The predicted octanol–water partition coefficient (Wildman–Crippen LogP) is 2.52. The average Bonchev–Trinajstić information content (AvgIpc) is 2.13. The van der Waals surface area contributed by atoms with Gasteiger partial charge in [-0.05, 0) is 18.9 Å². The summed E-state index contributed by atoms with van der Waals surface area (Å²) in [5, 5.41) is 8.88. The Morgan fingerprint density at radius 2 is 2.29 bits per heavy atom. The fourth-order valence-corrected chi connectivity index (χ4v) is 1.43. The van der Waals surface area contributed by atoms with E-state index in [0.29, 0.717) is 5.56 Å². The van der Waals surface area contributed by atoms with Gasteiger partial charge < -0.3 is 5.11 Å². The lowest BCUT2D eigenvalue weighted by Crippen LogP contribution is -2.12. The maximum absolute atomic E-state index is 12.1. The van der Waals surface area contributed by atoms with Gasteiger partial charge in [0.1, 0.15) is 0 Å². The second-order valence-electron chi connectivity index (χ2n) is 3.28. The summed E-state index contributed by atoms with van der Waals surface area (Å²) in [6.45, 7) is 1.28. The van der Waals surface area contributed by atoms with Gasteiger partial charge in [-0.15, -0.1) is 0 Å². The Morgan fingerprint density at radius 3 is 2.79 bits per heavy atom. The lowest BCUT2D eigenvalue weighted by atomic mass is 9.95. The molecule has 1 rings (SSSR count). The number of benzene rings is 1. The molecule has 1 aromatic rings. The highest BCUT2D eigenvalue weighted by molar-refractivity contribution is 5.76. The molecule has 0 aliphatic heterocycles. The van der Waals surface area contributed by atoms with Crippen molar-refractivity contribution in [2.75, 3.05) is 6.67 Å². The lowest BCUT2D eigenvalue weighted by Gasteiger charge is -2.10. The van der Waals surface area contributed by atoms with Crippen LogP contribution in [0.2, 0.25) is 0 Å². The second-order valence-corrected chi connectivity index (χ2v) is 3.28. The van der Waals surface area contributed by atoms with Crippen LogP contribution >= 0.6 is 0 Å². The molecular weight excluding hydrogens is 183 g/mol. The maximum Gasteiger partial charge on any atom is 0.311 e. The van der Waals surface area contributed by atoms with Crippen LogP contribution in [0.4, 0.5) is 4.39 Å². The van der Waals surface area contributed by atoms with Gasteiger partial charge in [0.15, 0.2) is 0 Å². The molecule has 0 saturated carbocycles. The number of carbonyl (C=O) groups is 1. The minimum atomic E-state index is -0.965. The Hall–Kier alpha value is -1.38.